The van der Waals surface area contributed by atoms with E-state index in [0.717, 1.165) is 11.9 Å². The predicted molar refractivity (Wildman–Crippen MR) is 66.5 cm³/mol. The number of nitrogens with one attached hydrogen (secondary N) is 1. The van der Waals surface area contributed by atoms with Gasteiger partial charge in [-0.15, -0.1) is 0 Å². The first-order chi connectivity index (χ1) is 7.92. The lowest BCUT2D eigenvalue weighted by molar-refractivity contribution is 0.602. The van der Waals surface area contributed by atoms with Crippen LogP contribution in [0.25, 0.3) is 10.9 Å². The Labute approximate surface area is 95.7 Å². The second-order valence-corrected chi connectivity index (χ2v) is 4.53. The number of benzene rings is 1. The highest BCUT2D eigenvalue weighted by Crippen LogP contribution is 2.16. The van der Waals surface area contributed by atoms with Crippen LogP contribution in [0.15, 0.2) is 36.5 Å². The van der Waals surface area contributed by atoms with Crippen molar-refractivity contribution in [2.45, 2.75) is 25.3 Å². The van der Waals surface area contributed by atoms with Crippen molar-refractivity contribution in [3.05, 3.63) is 42.1 Å². The minimum absolute atomic E-state index is 0.656. The minimum atomic E-state index is 0.656. The topological polar surface area (TPSA) is 24.9 Å². The Bertz CT molecular complexity index is 487. The summed E-state index contributed by atoms with van der Waals surface area (Å²) in [5.41, 5.74) is 2.43. The molecule has 2 heteroatoms. The zero-order chi connectivity index (χ0) is 10.8. The molecule has 16 heavy (non-hydrogen) atoms. The van der Waals surface area contributed by atoms with Crippen LogP contribution in [-0.4, -0.2) is 17.6 Å². The Kier molecular flexibility index (Phi) is 2.58. The highest BCUT2D eigenvalue weighted by atomic mass is 14.9. The second-order valence-electron chi connectivity index (χ2n) is 4.53. The SMILES string of the molecule is c1ccc2ncc(CC3CCCN3)cc2c1. The van der Waals surface area contributed by atoms with E-state index in [2.05, 4.69) is 34.6 Å². The standard InChI is InChI=1S/C14H16N2/c1-2-6-14-12(4-1)8-11(10-16-14)9-13-5-3-7-15-13/h1-2,4,6,8,10,13,15H,3,5,7,9H2. The zero-order valence-corrected chi connectivity index (χ0v) is 9.32. The number of pyridine rings is 1. The number of aromatic nitrogens is 1. The summed E-state index contributed by atoms with van der Waals surface area (Å²) in [5, 5.41) is 4.77. The van der Waals surface area contributed by atoms with Crippen molar-refractivity contribution in [2.24, 2.45) is 0 Å². The van der Waals surface area contributed by atoms with Gasteiger partial charge < -0.3 is 5.32 Å². The Hall–Kier alpha value is -1.41. The molecule has 1 saturated heterocycles. The van der Waals surface area contributed by atoms with E-state index >= 15 is 0 Å². The first-order valence-corrected chi connectivity index (χ1v) is 5.99. The van der Waals surface area contributed by atoms with Crippen LogP contribution in [0.3, 0.4) is 0 Å². The molecular weight excluding hydrogens is 196 g/mol. The van der Waals surface area contributed by atoms with Crippen molar-refractivity contribution in [2.75, 3.05) is 6.54 Å². The van der Waals surface area contributed by atoms with Gasteiger partial charge in [-0.25, -0.2) is 0 Å². The van der Waals surface area contributed by atoms with Crippen LogP contribution in [0.4, 0.5) is 0 Å². The molecule has 0 saturated carbocycles. The van der Waals surface area contributed by atoms with Crippen LogP contribution < -0.4 is 5.32 Å². The Morgan fingerprint density at radius 3 is 3.12 bits per heavy atom. The molecule has 1 fully saturated rings. The van der Waals surface area contributed by atoms with E-state index < -0.39 is 0 Å². The summed E-state index contributed by atoms with van der Waals surface area (Å²) in [7, 11) is 0. The number of hydrogen-bond donors (Lipinski definition) is 1. The zero-order valence-electron chi connectivity index (χ0n) is 9.32. The van der Waals surface area contributed by atoms with Crippen molar-refractivity contribution in [1.82, 2.24) is 10.3 Å². The molecular formula is C14H16N2. The summed E-state index contributed by atoms with van der Waals surface area (Å²) >= 11 is 0. The van der Waals surface area contributed by atoms with Gasteiger partial charge in [0.05, 0.1) is 5.52 Å². The molecule has 0 aliphatic carbocycles. The first-order valence-electron chi connectivity index (χ1n) is 5.99. The molecule has 1 aliphatic rings. The van der Waals surface area contributed by atoms with Crippen LogP contribution in [0.2, 0.25) is 0 Å². The van der Waals surface area contributed by atoms with Gasteiger partial charge >= 0.3 is 0 Å². The van der Waals surface area contributed by atoms with Gasteiger partial charge in [-0.2, -0.15) is 0 Å². The summed E-state index contributed by atoms with van der Waals surface area (Å²) in [4.78, 5) is 4.50. The van der Waals surface area contributed by atoms with Gasteiger partial charge in [0.1, 0.15) is 0 Å². The van der Waals surface area contributed by atoms with E-state index in [9.17, 15) is 0 Å². The van der Waals surface area contributed by atoms with Gasteiger partial charge in [-0.1, -0.05) is 18.2 Å². The molecule has 0 amide bonds. The monoisotopic (exact) mass is 212 g/mol. The number of fused-ring (bicyclic) bond motifs is 1. The smallest absolute Gasteiger partial charge is 0.0702 e. The van der Waals surface area contributed by atoms with E-state index in [1.165, 1.54) is 30.3 Å². The average Bonchev–Trinajstić information content (AvgIpc) is 2.82. The summed E-state index contributed by atoms with van der Waals surface area (Å²) in [5.74, 6) is 0. The molecule has 1 aromatic carbocycles. The Morgan fingerprint density at radius 1 is 1.31 bits per heavy atom. The highest BCUT2D eigenvalue weighted by Gasteiger charge is 2.14. The molecule has 2 nitrogen and oxygen atoms in total. The maximum Gasteiger partial charge on any atom is 0.0702 e. The van der Waals surface area contributed by atoms with E-state index in [0.29, 0.717) is 6.04 Å². The van der Waals surface area contributed by atoms with Crippen LogP contribution >= 0.6 is 0 Å². The molecule has 2 heterocycles. The number of para-hydroxylation sites is 1. The predicted octanol–water partition coefficient (Wildman–Crippen LogP) is 2.53. The molecule has 2 aromatic rings. The highest BCUT2D eigenvalue weighted by molar-refractivity contribution is 5.78. The van der Waals surface area contributed by atoms with Crippen LogP contribution in [0, 0.1) is 0 Å². The Balaban J connectivity index is 1.86. The molecule has 1 aliphatic heterocycles. The lowest BCUT2D eigenvalue weighted by Gasteiger charge is -2.10. The molecule has 1 atom stereocenters. The maximum atomic E-state index is 4.50. The van der Waals surface area contributed by atoms with Crippen LogP contribution in [0.1, 0.15) is 18.4 Å². The maximum absolute atomic E-state index is 4.50. The summed E-state index contributed by atoms with van der Waals surface area (Å²) in [6.07, 6.45) is 5.73. The van der Waals surface area contributed by atoms with Gasteiger partial charge in [0.2, 0.25) is 0 Å². The fourth-order valence-corrected chi connectivity index (χ4v) is 2.44. The number of rotatable bonds is 2. The lowest BCUT2D eigenvalue weighted by Crippen LogP contribution is -2.23. The minimum Gasteiger partial charge on any atom is -0.314 e. The molecule has 1 N–H and O–H groups in total. The van der Waals surface area contributed by atoms with Crippen molar-refractivity contribution in [3.63, 3.8) is 0 Å². The van der Waals surface area contributed by atoms with Crippen LogP contribution in [-0.2, 0) is 6.42 Å². The summed E-state index contributed by atoms with van der Waals surface area (Å²) in [6, 6.07) is 11.2. The first kappa shape index (κ1) is 9.79. The van der Waals surface area contributed by atoms with Gasteiger partial charge in [0.15, 0.2) is 0 Å². The van der Waals surface area contributed by atoms with Crippen molar-refractivity contribution < 1.29 is 0 Å². The number of nitrogens with zero attached hydrogens (tertiary/aromatic N) is 1. The summed E-state index contributed by atoms with van der Waals surface area (Å²) < 4.78 is 0. The molecule has 0 spiro atoms. The molecule has 82 valence electrons. The average molecular weight is 212 g/mol. The van der Waals surface area contributed by atoms with E-state index in [1.54, 1.807) is 0 Å². The molecule has 0 bridgehead atoms. The van der Waals surface area contributed by atoms with E-state index in [1.807, 2.05) is 12.3 Å². The second kappa shape index (κ2) is 4.22. The van der Waals surface area contributed by atoms with E-state index in [-0.39, 0.29) is 0 Å². The van der Waals surface area contributed by atoms with Crippen molar-refractivity contribution in [1.29, 1.82) is 0 Å². The third-order valence-corrected chi connectivity index (χ3v) is 3.29. The quantitative estimate of drug-likeness (QED) is 0.827. The molecule has 1 aromatic heterocycles. The largest absolute Gasteiger partial charge is 0.314 e. The van der Waals surface area contributed by atoms with Gasteiger partial charge in [0, 0.05) is 17.6 Å². The molecule has 3 rings (SSSR count). The lowest BCUT2D eigenvalue weighted by atomic mass is 10.0. The normalized spacial score (nSPS) is 20.4. The van der Waals surface area contributed by atoms with Crippen molar-refractivity contribution in [3.8, 4) is 0 Å². The fraction of sp³-hybridized carbons (Fsp3) is 0.357. The molecule has 0 radical (unpaired) electrons. The third-order valence-electron chi connectivity index (χ3n) is 3.29. The fourth-order valence-electron chi connectivity index (χ4n) is 2.44. The van der Waals surface area contributed by atoms with E-state index in [4.69, 9.17) is 0 Å². The third kappa shape index (κ3) is 1.93. The number of hydrogen-bond acceptors (Lipinski definition) is 2. The molecule has 1 unspecified atom stereocenters. The Morgan fingerprint density at radius 2 is 2.25 bits per heavy atom. The van der Waals surface area contributed by atoms with Crippen LogP contribution in [0.5, 0.6) is 0 Å². The van der Waals surface area contributed by atoms with Gasteiger partial charge in [-0.3, -0.25) is 4.98 Å². The van der Waals surface area contributed by atoms with Gasteiger partial charge in [0.25, 0.3) is 0 Å². The summed E-state index contributed by atoms with van der Waals surface area (Å²) in [6.45, 7) is 1.17. The van der Waals surface area contributed by atoms with Crippen molar-refractivity contribution >= 4 is 10.9 Å². The van der Waals surface area contributed by atoms with Gasteiger partial charge in [-0.05, 0) is 43.5 Å².